The van der Waals surface area contributed by atoms with Crippen LogP contribution in [0.1, 0.15) is 34.1 Å². The van der Waals surface area contributed by atoms with Gasteiger partial charge in [-0.3, -0.25) is 9.69 Å². The molecule has 0 radical (unpaired) electrons. The molecule has 0 bridgehead atoms. The number of fused-ring (bicyclic) bond motifs is 1. The fourth-order valence-electron chi connectivity index (χ4n) is 2.59. The number of nitrogens with two attached hydrogens (primary N) is 1. The molecule has 0 fully saturated rings. The molecule has 1 aliphatic rings. The molecule has 1 amide bonds. The predicted octanol–water partition coefficient (Wildman–Crippen LogP) is 1.53. The number of ether oxygens (including phenoxy) is 3. The fourth-order valence-corrected chi connectivity index (χ4v) is 2.59. The van der Waals surface area contributed by atoms with E-state index in [1.54, 1.807) is 32.9 Å². The molecule has 1 unspecified atom stereocenters. The standard InChI is InChI=1S/C17H25N3O5/c1-5-11(15(21)24-10-9-23-6-2)20-14-12(7-8-13(18)19-14)25-17(3,4)16(20)22/h7-8,11H,5-6,9-10H2,1-4H3,(H2,18,19). The fraction of sp³-hybridized carbons (Fsp3) is 0.588. The first kappa shape index (κ1) is 19.0. The quantitative estimate of drug-likeness (QED) is 0.587. The van der Waals surface area contributed by atoms with Crippen molar-refractivity contribution in [2.75, 3.05) is 30.5 Å². The summed E-state index contributed by atoms with van der Waals surface area (Å²) in [5, 5.41) is 0. The second-order valence-corrected chi connectivity index (χ2v) is 6.13. The largest absolute Gasteiger partial charge is 0.474 e. The summed E-state index contributed by atoms with van der Waals surface area (Å²) in [5.74, 6) is -0.00754. The summed E-state index contributed by atoms with van der Waals surface area (Å²) in [6.45, 7) is 7.94. The van der Waals surface area contributed by atoms with E-state index in [0.717, 1.165) is 0 Å². The van der Waals surface area contributed by atoms with Crippen LogP contribution in [0.2, 0.25) is 0 Å². The summed E-state index contributed by atoms with van der Waals surface area (Å²) >= 11 is 0. The Morgan fingerprint density at radius 3 is 2.72 bits per heavy atom. The van der Waals surface area contributed by atoms with Crippen molar-refractivity contribution in [2.24, 2.45) is 0 Å². The lowest BCUT2D eigenvalue weighted by atomic mass is 10.0. The van der Waals surface area contributed by atoms with Gasteiger partial charge in [0.25, 0.3) is 5.91 Å². The van der Waals surface area contributed by atoms with E-state index in [1.165, 1.54) is 4.90 Å². The van der Waals surface area contributed by atoms with E-state index in [2.05, 4.69) is 4.98 Å². The first-order valence-corrected chi connectivity index (χ1v) is 8.35. The highest BCUT2D eigenvalue weighted by atomic mass is 16.6. The van der Waals surface area contributed by atoms with Crippen LogP contribution in [0, 0.1) is 0 Å². The first-order valence-electron chi connectivity index (χ1n) is 8.35. The average Bonchev–Trinajstić information content (AvgIpc) is 2.56. The molecule has 2 N–H and O–H groups in total. The number of anilines is 2. The van der Waals surface area contributed by atoms with Gasteiger partial charge in [-0.1, -0.05) is 6.92 Å². The number of nitrogen functional groups attached to an aromatic ring is 1. The second kappa shape index (κ2) is 7.69. The van der Waals surface area contributed by atoms with Gasteiger partial charge >= 0.3 is 5.97 Å². The van der Waals surface area contributed by atoms with E-state index in [-0.39, 0.29) is 24.1 Å². The number of hydrogen-bond acceptors (Lipinski definition) is 7. The van der Waals surface area contributed by atoms with Crippen molar-refractivity contribution in [2.45, 2.75) is 45.8 Å². The monoisotopic (exact) mass is 351 g/mol. The molecule has 0 spiro atoms. The number of carbonyl (C=O) groups excluding carboxylic acids is 2. The molecule has 1 aliphatic heterocycles. The molecule has 138 valence electrons. The van der Waals surface area contributed by atoms with E-state index in [9.17, 15) is 9.59 Å². The highest BCUT2D eigenvalue weighted by Crippen LogP contribution is 2.38. The van der Waals surface area contributed by atoms with Crippen LogP contribution in [0.4, 0.5) is 11.6 Å². The third-order valence-electron chi connectivity index (χ3n) is 3.83. The number of aromatic nitrogens is 1. The van der Waals surface area contributed by atoms with Crippen LogP contribution in [-0.4, -0.2) is 48.3 Å². The molecular formula is C17H25N3O5. The summed E-state index contributed by atoms with van der Waals surface area (Å²) in [6.07, 6.45) is 0.366. The molecule has 0 aliphatic carbocycles. The van der Waals surface area contributed by atoms with Crippen molar-refractivity contribution >= 4 is 23.5 Å². The summed E-state index contributed by atoms with van der Waals surface area (Å²) in [4.78, 5) is 30.9. The minimum atomic E-state index is -1.12. The minimum Gasteiger partial charge on any atom is -0.474 e. The maximum atomic E-state index is 12.9. The van der Waals surface area contributed by atoms with E-state index >= 15 is 0 Å². The Balaban J connectivity index is 2.31. The third kappa shape index (κ3) is 4.01. The zero-order chi connectivity index (χ0) is 18.6. The Morgan fingerprint density at radius 2 is 2.08 bits per heavy atom. The number of hydrogen-bond donors (Lipinski definition) is 1. The summed E-state index contributed by atoms with van der Waals surface area (Å²) in [6, 6.07) is 2.42. The maximum absolute atomic E-state index is 12.9. The predicted molar refractivity (Wildman–Crippen MR) is 92.4 cm³/mol. The molecule has 1 aromatic heterocycles. The minimum absolute atomic E-state index is 0.127. The van der Waals surface area contributed by atoms with Crippen LogP contribution in [0.5, 0.6) is 5.75 Å². The summed E-state index contributed by atoms with van der Waals surface area (Å²) in [7, 11) is 0. The van der Waals surface area contributed by atoms with Crippen LogP contribution in [-0.2, 0) is 19.1 Å². The van der Waals surface area contributed by atoms with Crippen molar-refractivity contribution in [1.82, 2.24) is 4.98 Å². The van der Waals surface area contributed by atoms with Crippen LogP contribution in [0.15, 0.2) is 12.1 Å². The highest BCUT2D eigenvalue weighted by molar-refractivity contribution is 6.05. The van der Waals surface area contributed by atoms with E-state index in [0.29, 0.717) is 25.4 Å². The van der Waals surface area contributed by atoms with Crippen LogP contribution in [0.25, 0.3) is 0 Å². The third-order valence-corrected chi connectivity index (χ3v) is 3.83. The lowest BCUT2D eigenvalue weighted by Crippen LogP contribution is -2.58. The topological polar surface area (TPSA) is 104 Å². The molecule has 2 heterocycles. The highest BCUT2D eigenvalue weighted by Gasteiger charge is 2.46. The molecule has 8 nitrogen and oxygen atoms in total. The Bertz CT molecular complexity index is 647. The zero-order valence-electron chi connectivity index (χ0n) is 15.1. The van der Waals surface area contributed by atoms with Crippen molar-refractivity contribution in [3.63, 3.8) is 0 Å². The number of amides is 1. The number of esters is 1. The van der Waals surface area contributed by atoms with Gasteiger partial charge < -0.3 is 19.9 Å². The average molecular weight is 351 g/mol. The van der Waals surface area contributed by atoms with Gasteiger partial charge in [-0.2, -0.15) is 0 Å². The van der Waals surface area contributed by atoms with E-state index < -0.39 is 17.6 Å². The molecule has 0 aromatic carbocycles. The van der Waals surface area contributed by atoms with Gasteiger partial charge in [-0.25, -0.2) is 9.78 Å². The van der Waals surface area contributed by atoms with Gasteiger partial charge in [0.2, 0.25) is 0 Å². The SMILES string of the molecule is CCOCCOC(=O)C(CC)N1C(=O)C(C)(C)Oc2ccc(N)nc21. The lowest BCUT2D eigenvalue weighted by Gasteiger charge is -2.40. The van der Waals surface area contributed by atoms with Gasteiger partial charge in [0.1, 0.15) is 18.5 Å². The Morgan fingerprint density at radius 1 is 1.36 bits per heavy atom. The summed E-state index contributed by atoms with van der Waals surface area (Å²) in [5.41, 5.74) is 4.63. The molecule has 0 saturated heterocycles. The van der Waals surface area contributed by atoms with Crippen LogP contribution in [0.3, 0.4) is 0 Å². The van der Waals surface area contributed by atoms with Gasteiger partial charge in [0, 0.05) is 6.61 Å². The molecule has 8 heteroatoms. The van der Waals surface area contributed by atoms with Crippen molar-refractivity contribution in [1.29, 1.82) is 0 Å². The van der Waals surface area contributed by atoms with Crippen molar-refractivity contribution in [3.8, 4) is 5.75 Å². The molecule has 25 heavy (non-hydrogen) atoms. The lowest BCUT2D eigenvalue weighted by molar-refractivity contribution is -0.149. The van der Waals surface area contributed by atoms with Gasteiger partial charge in [-0.05, 0) is 39.3 Å². The Labute approximate surface area is 147 Å². The number of nitrogens with zero attached hydrogens (tertiary/aromatic N) is 2. The van der Waals surface area contributed by atoms with E-state index in [1.807, 2.05) is 6.92 Å². The Kier molecular flexibility index (Phi) is 5.84. The smallest absolute Gasteiger partial charge is 0.329 e. The zero-order valence-corrected chi connectivity index (χ0v) is 15.1. The molecule has 1 aromatic rings. The van der Waals surface area contributed by atoms with Crippen molar-refractivity contribution < 1.29 is 23.8 Å². The second-order valence-electron chi connectivity index (χ2n) is 6.13. The molecule has 2 rings (SSSR count). The number of pyridine rings is 1. The molecule has 1 atom stereocenters. The molecule has 0 saturated carbocycles. The first-order chi connectivity index (χ1) is 11.8. The van der Waals surface area contributed by atoms with Gasteiger partial charge in [0.05, 0.1) is 6.61 Å². The summed E-state index contributed by atoms with van der Waals surface area (Å²) < 4.78 is 16.1. The Hall–Kier alpha value is -2.35. The van der Waals surface area contributed by atoms with Crippen LogP contribution < -0.4 is 15.4 Å². The van der Waals surface area contributed by atoms with Gasteiger partial charge in [0.15, 0.2) is 17.2 Å². The number of carbonyl (C=O) groups is 2. The number of rotatable bonds is 7. The van der Waals surface area contributed by atoms with Crippen LogP contribution >= 0.6 is 0 Å². The maximum Gasteiger partial charge on any atom is 0.329 e. The van der Waals surface area contributed by atoms with Crippen molar-refractivity contribution in [3.05, 3.63) is 12.1 Å². The van der Waals surface area contributed by atoms with Gasteiger partial charge in [-0.15, -0.1) is 0 Å². The van der Waals surface area contributed by atoms with E-state index in [4.69, 9.17) is 19.9 Å². The molecular weight excluding hydrogens is 326 g/mol. The normalized spacial score (nSPS) is 16.8.